The summed E-state index contributed by atoms with van der Waals surface area (Å²) in [7, 11) is 1.70. The predicted octanol–water partition coefficient (Wildman–Crippen LogP) is 3.60. The number of hydrogen-bond donors (Lipinski definition) is 3. The van der Waals surface area contributed by atoms with E-state index in [9.17, 15) is 10.1 Å². The number of para-hydroxylation sites is 1. The third-order valence-electron chi connectivity index (χ3n) is 4.17. The number of non-ortho nitro benzene ring substituents is 1. The van der Waals surface area contributed by atoms with Crippen LogP contribution in [-0.4, -0.2) is 29.5 Å². The Morgan fingerprint density at radius 2 is 2.00 bits per heavy atom. The van der Waals surface area contributed by atoms with E-state index >= 15 is 0 Å². The first-order chi connectivity index (χ1) is 12.7. The van der Waals surface area contributed by atoms with Crippen molar-refractivity contribution < 1.29 is 4.92 Å². The molecule has 0 fully saturated rings. The van der Waals surface area contributed by atoms with Gasteiger partial charge in [0.15, 0.2) is 5.96 Å². The van der Waals surface area contributed by atoms with Gasteiger partial charge in [-0.25, -0.2) is 0 Å². The Balaban J connectivity index is 0.00000261. The molecule has 3 aromatic rings. The molecule has 0 aliphatic carbocycles. The molecule has 3 N–H and O–H groups in total. The summed E-state index contributed by atoms with van der Waals surface area (Å²) in [5.74, 6) is 0.663. The SMILES string of the molecule is CN=C(NCCc1c[nH]c2ccccc12)NCc1cccc([N+](=O)[O-])c1.I. The number of aromatic amines is 1. The summed E-state index contributed by atoms with van der Waals surface area (Å²) in [5.41, 5.74) is 3.31. The van der Waals surface area contributed by atoms with Crippen molar-refractivity contribution in [1.29, 1.82) is 0 Å². The molecule has 0 atom stereocenters. The number of aliphatic imine (C=N–C) groups is 1. The molecule has 0 amide bonds. The minimum atomic E-state index is -0.391. The van der Waals surface area contributed by atoms with E-state index in [4.69, 9.17) is 0 Å². The van der Waals surface area contributed by atoms with Gasteiger partial charge in [-0.2, -0.15) is 0 Å². The fourth-order valence-corrected chi connectivity index (χ4v) is 2.84. The van der Waals surface area contributed by atoms with Crippen LogP contribution < -0.4 is 10.6 Å². The third kappa shape index (κ3) is 5.43. The van der Waals surface area contributed by atoms with Crippen LogP contribution in [0.5, 0.6) is 0 Å². The van der Waals surface area contributed by atoms with E-state index in [0.717, 1.165) is 24.0 Å². The second-order valence-corrected chi connectivity index (χ2v) is 5.89. The van der Waals surface area contributed by atoms with E-state index in [2.05, 4.69) is 32.7 Å². The van der Waals surface area contributed by atoms with E-state index in [1.807, 2.05) is 24.4 Å². The summed E-state index contributed by atoms with van der Waals surface area (Å²) < 4.78 is 0. The van der Waals surface area contributed by atoms with Gasteiger partial charge in [-0.1, -0.05) is 30.3 Å². The van der Waals surface area contributed by atoms with Crippen molar-refractivity contribution in [1.82, 2.24) is 15.6 Å². The Morgan fingerprint density at radius 3 is 2.78 bits per heavy atom. The van der Waals surface area contributed by atoms with Crippen LogP contribution in [0.4, 0.5) is 5.69 Å². The average Bonchev–Trinajstić information content (AvgIpc) is 3.08. The molecule has 1 heterocycles. The molecule has 0 unspecified atom stereocenters. The lowest BCUT2D eigenvalue weighted by atomic mass is 10.1. The van der Waals surface area contributed by atoms with Crippen LogP contribution in [0.3, 0.4) is 0 Å². The zero-order chi connectivity index (χ0) is 18.4. The van der Waals surface area contributed by atoms with Crippen LogP contribution in [0.2, 0.25) is 0 Å². The lowest BCUT2D eigenvalue weighted by Crippen LogP contribution is -2.37. The molecule has 27 heavy (non-hydrogen) atoms. The van der Waals surface area contributed by atoms with Crippen molar-refractivity contribution in [3.05, 3.63) is 76.0 Å². The predicted molar refractivity (Wildman–Crippen MR) is 119 cm³/mol. The standard InChI is InChI=1S/C19H21N5O2.HI/c1-20-19(23-12-14-5-4-6-16(11-14)24(25)26)21-10-9-15-13-22-18-8-3-2-7-17(15)18;/h2-8,11,13,22H,9-10,12H2,1H3,(H2,20,21,23);1H. The minimum Gasteiger partial charge on any atom is -0.361 e. The van der Waals surface area contributed by atoms with Gasteiger partial charge in [0.2, 0.25) is 0 Å². The molecule has 2 aromatic carbocycles. The highest BCUT2D eigenvalue weighted by Gasteiger charge is 2.07. The normalized spacial score (nSPS) is 11.1. The zero-order valence-electron chi connectivity index (χ0n) is 14.9. The van der Waals surface area contributed by atoms with Crippen LogP contribution in [0.15, 0.2) is 59.7 Å². The number of aromatic nitrogens is 1. The molecule has 3 rings (SSSR count). The highest BCUT2D eigenvalue weighted by atomic mass is 127. The number of rotatable bonds is 6. The number of fused-ring (bicyclic) bond motifs is 1. The highest BCUT2D eigenvalue weighted by Crippen LogP contribution is 2.17. The lowest BCUT2D eigenvalue weighted by Gasteiger charge is -2.11. The van der Waals surface area contributed by atoms with E-state index in [-0.39, 0.29) is 29.7 Å². The monoisotopic (exact) mass is 479 g/mol. The van der Waals surface area contributed by atoms with Crippen molar-refractivity contribution in [3.63, 3.8) is 0 Å². The second kappa shape index (κ2) is 9.91. The quantitative estimate of drug-likeness (QED) is 0.166. The second-order valence-electron chi connectivity index (χ2n) is 5.89. The number of H-pyrrole nitrogens is 1. The number of benzene rings is 2. The molecular formula is C19H22IN5O2. The van der Waals surface area contributed by atoms with Gasteiger partial charge in [0, 0.05) is 49.4 Å². The van der Waals surface area contributed by atoms with Crippen LogP contribution >= 0.6 is 24.0 Å². The van der Waals surface area contributed by atoms with Gasteiger partial charge in [0.05, 0.1) is 4.92 Å². The number of nitrogens with one attached hydrogen (secondary N) is 3. The number of halogens is 1. The molecule has 0 aliphatic rings. The molecule has 0 saturated carbocycles. The highest BCUT2D eigenvalue weighted by molar-refractivity contribution is 14.0. The maximum atomic E-state index is 10.8. The van der Waals surface area contributed by atoms with Crippen LogP contribution in [0.1, 0.15) is 11.1 Å². The summed E-state index contributed by atoms with van der Waals surface area (Å²) in [4.78, 5) is 17.9. The Kier molecular flexibility index (Phi) is 7.59. The van der Waals surface area contributed by atoms with Gasteiger partial charge < -0.3 is 15.6 Å². The Morgan fingerprint density at radius 1 is 1.19 bits per heavy atom. The fraction of sp³-hybridized carbons (Fsp3) is 0.211. The molecular weight excluding hydrogens is 457 g/mol. The summed E-state index contributed by atoms with van der Waals surface area (Å²) in [6.07, 6.45) is 2.90. The van der Waals surface area contributed by atoms with Gasteiger partial charge in [0.25, 0.3) is 5.69 Å². The zero-order valence-corrected chi connectivity index (χ0v) is 17.3. The fourth-order valence-electron chi connectivity index (χ4n) is 2.84. The maximum absolute atomic E-state index is 10.8. The number of nitro groups is 1. The molecule has 0 spiro atoms. The average molecular weight is 479 g/mol. The first-order valence-electron chi connectivity index (χ1n) is 8.40. The molecule has 1 aromatic heterocycles. The lowest BCUT2D eigenvalue weighted by molar-refractivity contribution is -0.384. The molecule has 0 saturated heterocycles. The van der Waals surface area contributed by atoms with Crippen molar-refractivity contribution in [2.45, 2.75) is 13.0 Å². The number of nitrogens with zero attached hydrogens (tertiary/aromatic N) is 2. The molecule has 0 bridgehead atoms. The number of nitro benzene ring substituents is 1. The summed E-state index contributed by atoms with van der Waals surface area (Å²) >= 11 is 0. The summed E-state index contributed by atoms with van der Waals surface area (Å²) in [6.45, 7) is 1.20. The molecule has 0 aliphatic heterocycles. The first kappa shape index (κ1) is 20.7. The Labute approximate surface area is 174 Å². The van der Waals surface area contributed by atoms with Crippen LogP contribution in [0.25, 0.3) is 10.9 Å². The van der Waals surface area contributed by atoms with Gasteiger partial charge in [-0.05, 0) is 23.6 Å². The van der Waals surface area contributed by atoms with E-state index in [0.29, 0.717) is 12.5 Å². The molecule has 0 radical (unpaired) electrons. The van der Waals surface area contributed by atoms with Crippen molar-refractivity contribution in [2.24, 2.45) is 4.99 Å². The van der Waals surface area contributed by atoms with Gasteiger partial charge in [-0.15, -0.1) is 24.0 Å². The van der Waals surface area contributed by atoms with E-state index in [1.165, 1.54) is 17.0 Å². The van der Waals surface area contributed by atoms with Crippen molar-refractivity contribution in [3.8, 4) is 0 Å². The first-order valence-corrected chi connectivity index (χ1v) is 8.40. The maximum Gasteiger partial charge on any atom is 0.269 e. The van der Waals surface area contributed by atoms with Crippen molar-refractivity contribution >= 4 is 46.5 Å². The smallest absolute Gasteiger partial charge is 0.269 e. The van der Waals surface area contributed by atoms with E-state index in [1.54, 1.807) is 19.2 Å². The topological polar surface area (TPSA) is 95.3 Å². The third-order valence-corrected chi connectivity index (χ3v) is 4.17. The van der Waals surface area contributed by atoms with Crippen LogP contribution in [0, 0.1) is 10.1 Å². The summed E-state index contributed by atoms with van der Waals surface area (Å²) in [5, 5.41) is 18.5. The van der Waals surface area contributed by atoms with Gasteiger partial charge >= 0.3 is 0 Å². The minimum absolute atomic E-state index is 0. The Bertz CT molecular complexity index is 939. The number of guanidine groups is 1. The van der Waals surface area contributed by atoms with Gasteiger partial charge in [-0.3, -0.25) is 15.1 Å². The Hall–Kier alpha value is -2.62. The number of hydrogen-bond acceptors (Lipinski definition) is 3. The van der Waals surface area contributed by atoms with Crippen molar-refractivity contribution in [2.75, 3.05) is 13.6 Å². The molecule has 7 nitrogen and oxygen atoms in total. The van der Waals surface area contributed by atoms with Crippen LogP contribution in [-0.2, 0) is 13.0 Å². The summed E-state index contributed by atoms with van der Waals surface area (Å²) in [6, 6.07) is 14.8. The van der Waals surface area contributed by atoms with Gasteiger partial charge in [0.1, 0.15) is 0 Å². The van der Waals surface area contributed by atoms with E-state index < -0.39 is 4.92 Å². The molecule has 142 valence electrons. The molecule has 8 heteroatoms. The largest absolute Gasteiger partial charge is 0.361 e.